The highest BCUT2D eigenvalue weighted by Gasteiger charge is 2.08. The van der Waals surface area contributed by atoms with Crippen molar-refractivity contribution in [3.05, 3.63) is 0 Å². The fourth-order valence-electron chi connectivity index (χ4n) is 1.13. The second-order valence-corrected chi connectivity index (χ2v) is 2.91. The van der Waals surface area contributed by atoms with Crippen molar-refractivity contribution in [2.75, 3.05) is 6.61 Å². The Balaban J connectivity index is 3.75. The quantitative estimate of drug-likeness (QED) is 0.585. The second-order valence-electron chi connectivity index (χ2n) is 2.91. The van der Waals surface area contributed by atoms with Gasteiger partial charge < -0.3 is 10.4 Å². The van der Waals surface area contributed by atoms with E-state index in [4.69, 9.17) is 11.5 Å². The summed E-state index contributed by atoms with van der Waals surface area (Å²) in [5.41, 5.74) is 0. The highest BCUT2D eigenvalue weighted by molar-refractivity contribution is 4.98. The van der Waals surface area contributed by atoms with Crippen molar-refractivity contribution in [2.24, 2.45) is 0 Å². The molecule has 2 unspecified atom stereocenters. The highest BCUT2D eigenvalue weighted by Crippen LogP contribution is 2.00. The summed E-state index contributed by atoms with van der Waals surface area (Å²) in [4.78, 5) is 0. The molecular formula is C10H19NO. The zero-order valence-corrected chi connectivity index (χ0v) is 8.01. The van der Waals surface area contributed by atoms with Gasteiger partial charge in [0.15, 0.2) is 0 Å². The van der Waals surface area contributed by atoms with Crippen LogP contribution in [0.25, 0.3) is 0 Å². The van der Waals surface area contributed by atoms with Gasteiger partial charge in [0, 0.05) is 12.6 Å². The Morgan fingerprint density at radius 3 is 2.42 bits per heavy atom. The van der Waals surface area contributed by atoms with E-state index >= 15 is 0 Å². The van der Waals surface area contributed by atoms with Gasteiger partial charge in [-0.1, -0.05) is 19.8 Å². The SMILES string of the molecule is C#CC(CC)NC(CC)CCO. The molecule has 0 aromatic rings. The van der Waals surface area contributed by atoms with Gasteiger partial charge in [0.25, 0.3) is 0 Å². The van der Waals surface area contributed by atoms with E-state index in [1.807, 2.05) is 0 Å². The smallest absolute Gasteiger partial charge is 0.0686 e. The molecule has 0 spiro atoms. The van der Waals surface area contributed by atoms with Crippen LogP contribution in [0.5, 0.6) is 0 Å². The summed E-state index contributed by atoms with van der Waals surface area (Å²) in [6, 6.07) is 0.512. The van der Waals surface area contributed by atoms with E-state index in [1.54, 1.807) is 0 Å². The first-order valence-electron chi connectivity index (χ1n) is 4.61. The van der Waals surface area contributed by atoms with Crippen LogP contribution >= 0.6 is 0 Å². The Bertz CT molecular complexity index is 139. The molecule has 70 valence electrons. The Labute approximate surface area is 75.4 Å². The first-order chi connectivity index (χ1) is 5.78. The van der Waals surface area contributed by atoms with E-state index in [0.717, 1.165) is 19.3 Å². The molecule has 2 atom stereocenters. The van der Waals surface area contributed by atoms with Crippen LogP contribution in [0.4, 0.5) is 0 Å². The lowest BCUT2D eigenvalue weighted by Crippen LogP contribution is -2.37. The van der Waals surface area contributed by atoms with Crippen LogP contribution in [0.2, 0.25) is 0 Å². The first kappa shape index (κ1) is 11.5. The number of rotatable bonds is 6. The Morgan fingerprint density at radius 2 is 2.08 bits per heavy atom. The predicted octanol–water partition coefficient (Wildman–Crippen LogP) is 1.15. The Morgan fingerprint density at radius 1 is 1.42 bits per heavy atom. The van der Waals surface area contributed by atoms with E-state index in [1.165, 1.54) is 0 Å². The molecule has 0 heterocycles. The van der Waals surface area contributed by atoms with E-state index in [0.29, 0.717) is 6.04 Å². The Kier molecular flexibility index (Phi) is 6.84. The molecule has 0 aliphatic heterocycles. The molecule has 12 heavy (non-hydrogen) atoms. The average molecular weight is 169 g/mol. The van der Waals surface area contributed by atoms with Crippen molar-refractivity contribution in [2.45, 2.75) is 45.2 Å². The van der Waals surface area contributed by atoms with Gasteiger partial charge in [-0.05, 0) is 19.3 Å². The zero-order valence-electron chi connectivity index (χ0n) is 8.01. The maximum absolute atomic E-state index is 8.73. The largest absolute Gasteiger partial charge is 0.396 e. The highest BCUT2D eigenvalue weighted by atomic mass is 16.3. The normalized spacial score (nSPS) is 15.2. The monoisotopic (exact) mass is 169 g/mol. The number of terminal acetylenes is 1. The number of aliphatic hydroxyl groups is 1. The second kappa shape index (κ2) is 7.15. The zero-order chi connectivity index (χ0) is 9.40. The standard InChI is InChI=1S/C10H19NO/c1-4-9(5-2)11-10(6-3)7-8-12/h1,9-12H,5-8H2,2-3H3. The molecule has 0 aliphatic carbocycles. The van der Waals surface area contributed by atoms with Crippen LogP contribution in [-0.4, -0.2) is 23.8 Å². The van der Waals surface area contributed by atoms with Crippen LogP contribution < -0.4 is 5.32 Å². The third kappa shape index (κ3) is 4.38. The summed E-state index contributed by atoms with van der Waals surface area (Å²) in [6.45, 7) is 4.38. The maximum Gasteiger partial charge on any atom is 0.0686 e. The molecule has 2 heteroatoms. The number of aliphatic hydroxyl groups excluding tert-OH is 1. The van der Waals surface area contributed by atoms with Crippen LogP contribution in [0.3, 0.4) is 0 Å². The van der Waals surface area contributed by atoms with E-state index in [9.17, 15) is 0 Å². The molecule has 0 radical (unpaired) electrons. The molecular weight excluding hydrogens is 150 g/mol. The third-order valence-electron chi connectivity index (χ3n) is 2.02. The lowest BCUT2D eigenvalue weighted by Gasteiger charge is -2.19. The summed E-state index contributed by atoms with van der Waals surface area (Å²) in [5, 5.41) is 12.0. The summed E-state index contributed by atoms with van der Waals surface area (Å²) in [7, 11) is 0. The van der Waals surface area contributed by atoms with Crippen LogP contribution in [0.15, 0.2) is 0 Å². The minimum atomic E-state index is 0.154. The van der Waals surface area contributed by atoms with Crippen molar-refractivity contribution in [1.82, 2.24) is 5.32 Å². The van der Waals surface area contributed by atoms with E-state index < -0.39 is 0 Å². The van der Waals surface area contributed by atoms with E-state index in [-0.39, 0.29) is 12.6 Å². The summed E-state index contributed by atoms with van der Waals surface area (Å²) >= 11 is 0. The molecule has 0 saturated heterocycles. The molecule has 2 N–H and O–H groups in total. The fraction of sp³-hybridized carbons (Fsp3) is 0.800. The van der Waals surface area contributed by atoms with Crippen LogP contribution in [0, 0.1) is 12.3 Å². The van der Waals surface area contributed by atoms with Gasteiger partial charge in [0.05, 0.1) is 6.04 Å². The topological polar surface area (TPSA) is 32.3 Å². The number of hydrogen-bond acceptors (Lipinski definition) is 2. The van der Waals surface area contributed by atoms with Gasteiger partial charge >= 0.3 is 0 Å². The minimum absolute atomic E-state index is 0.154. The summed E-state index contributed by atoms with van der Waals surface area (Å²) < 4.78 is 0. The first-order valence-corrected chi connectivity index (χ1v) is 4.61. The van der Waals surface area contributed by atoms with Gasteiger partial charge in [-0.2, -0.15) is 0 Å². The predicted molar refractivity (Wildman–Crippen MR) is 51.8 cm³/mol. The van der Waals surface area contributed by atoms with Gasteiger partial charge in [0.1, 0.15) is 0 Å². The van der Waals surface area contributed by atoms with Crippen LogP contribution in [-0.2, 0) is 0 Å². The molecule has 0 rings (SSSR count). The van der Waals surface area contributed by atoms with E-state index in [2.05, 4.69) is 25.1 Å². The number of hydrogen-bond donors (Lipinski definition) is 2. The van der Waals surface area contributed by atoms with Crippen molar-refractivity contribution < 1.29 is 5.11 Å². The van der Waals surface area contributed by atoms with Crippen molar-refractivity contribution in [1.29, 1.82) is 0 Å². The van der Waals surface area contributed by atoms with Gasteiger partial charge in [-0.25, -0.2) is 0 Å². The van der Waals surface area contributed by atoms with Crippen molar-refractivity contribution >= 4 is 0 Å². The fourth-order valence-corrected chi connectivity index (χ4v) is 1.13. The summed E-state index contributed by atoms with van der Waals surface area (Å²) in [6.07, 6.45) is 8.05. The minimum Gasteiger partial charge on any atom is -0.396 e. The molecule has 0 aliphatic rings. The maximum atomic E-state index is 8.73. The van der Waals surface area contributed by atoms with Gasteiger partial charge in [-0.15, -0.1) is 6.42 Å². The van der Waals surface area contributed by atoms with Crippen molar-refractivity contribution in [3.8, 4) is 12.3 Å². The molecule has 2 nitrogen and oxygen atoms in total. The molecule has 0 bridgehead atoms. The third-order valence-corrected chi connectivity index (χ3v) is 2.02. The van der Waals surface area contributed by atoms with Crippen molar-refractivity contribution in [3.63, 3.8) is 0 Å². The lowest BCUT2D eigenvalue weighted by atomic mass is 10.1. The molecule has 0 aromatic carbocycles. The lowest BCUT2D eigenvalue weighted by molar-refractivity contribution is 0.259. The molecule has 0 fully saturated rings. The Hall–Kier alpha value is -0.520. The molecule has 0 saturated carbocycles. The summed E-state index contributed by atoms with van der Waals surface area (Å²) in [5.74, 6) is 2.68. The number of nitrogens with one attached hydrogen (secondary N) is 1. The van der Waals surface area contributed by atoms with Gasteiger partial charge in [-0.3, -0.25) is 0 Å². The molecule has 0 aromatic heterocycles. The van der Waals surface area contributed by atoms with Crippen LogP contribution in [0.1, 0.15) is 33.1 Å². The van der Waals surface area contributed by atoms with Gasteiger partial charge in [0.2, 0.25) is 0 Å². The molecule has 0 amide bonds. The average Bonchev–Trinajstić information content (AvgIpc) is 2.12.